The summed E-state index contributed by atoms with van der Waals surface area (Å²) < 4.78 is 7.70. The van der Waals surface area contributed by atoms with Crippen LogP contribution in [0, 0.1) is 12.8 Å². The highest BCUT2D eigenvalue weighted by molar-refractivity contribution is 6.01. The van der Waals surface area contributed by atoms with Crippen molar-refractivity contribution in [2.45, 2.75) is 58.2 Å². The van der Waals surface area contributed by atoms with Gasteiger partial charge in [0.15, 0.2) is 0 Å². The molecule has 1 N–H and O–H groups in total. The van der Waals surface area contributed by atoms with Crippen molar-refractivity contribution in [3.05, 3.63) is 83.6 Å². The van der Waals surface area contributed by atoms with Crippen LogP contribution >= 0.6 is 0 Å². The Morgan fingerprint density at radius 2 is 1.74 bits per heavy atom. The molecule has 2 heterocycles. The van der Waals surface area contributed by atoms with Crippen LogP contribution in [0.5, 0.6) is 0 Å². The average molecular weight is 510 g/mol. The predicted octanol–water partition coefficient (Wildman–Crippen LogP) is 6.39. The largest absolute Gasteiger partial charge is 0.444 e. The van der Waals surface area contributed by atoms with E-state index in [1.165, 1.54) is 16.3 Å². The molecule has 1 aliphatic carbocycles. The molecular formula is C32H35N3O3. The molecule has 3 aromatic carbocycles. The molecule has 2 fully saturated rings. The van der Waals surface area contributed by atoms with Gasteiger partial charge in [-0.05, 0) is 86.0 Å². The third-order valence-corrected chi connectivity index (χ3v) is 7.83. The summed E-state index contributed by atoms with van der Waals surface area (Å²) in [6, 6.07) is 21.0. The zero-order chi connectivity index (χ0) is 26.7. The molecule has 6 nitrogen and oxygen atoms in total. The highest BCUT2D eigenvalue weighted by atomic mass is 16.6. The van der Waals surface area contributed by atoms with Crippen molar-refractivity contribution in [1.29, 1.82) is 0 Å². The first-order chi connectivity index (χ1) is 18.1. The highest BCUT2D eigenvalue weighted by Gasteiger charge is 2.46. The second kappa shape index (κ2) is 8.90. The van der Waals surface area contributed by atoms with Crippen molar-refractivity contribution in [3.8, 4) is 0 Å². The van der Waals surface area contributed by atoms with E-state index in [0.29, 0.717) is 24.6 Å². The van der Waals surface area contributed by atoms with Gasteiger partial charge in [-0.1, -0.05) is 42.5 Å². The molecule has 1 aromatic heterocycles. The van der Waals surface area contributed by atoms with Gasteiger partial charge in [-0.2, -0.15) is 0 Å². The summed E-state index contributed by atoms with van der Waals surface area (Å²) in [5.74, 6) is 0.333. The van der Waals surface area contributed by atoms with Gasteiger partial charge >= 0.3 is 6.09 Å². The Bertz CT molecular complexity index is 1550. The monoisotopic (exact) mass is 509 g/mol. The highest BCUT2D eigenvalue weighted by Crippen LogP contribution is 2.48. The number of ether oxygens (including phenoxy) is 1. The number of nitrogens with zero attached hydrogens (tertiary/aromatic N) is 2. The molecule has 2 aliphatic rings. The third kappa shape index (κ3) is 4.53. The van der Waals surface area contributed by atoms with Crippen LogP contribution in [0.1, 0.15) is 55.1 Å². The number of amides is 2. The van der Waals surface area contributed by atoms with Crippen molar-refractivity contribution < 1.29 is 14.3 Å². The van der Waals surface area contributed by atoms with E-state index in [4.69, 9.17) is 4.74 Å². The molecule has 1 aliphatic heterocycles. The topological polar surface area (TPSA) is 63.6 Å². The maximum absolute atomic E-state index is 13.7. The van der Waals surface area contributed by atoms with Crippen LogP contribution in [-0.4, -0.2) is 40.2 Å². The number of hydrogen-bond acceptors (Lipinski definition) is 3. The second-order valence-electron chi connectivity index (χ2n) is 12.0. The molecule has 2 amide bonds. The van der Waals surface area contributed by atoms with Crippen LogP contribution in [0.25, 0.3) is 21.7 Å². The summed E-state index contributed by atoms with van der Waals surface area (Å²) in [5, 5.41) is 6.93. The summed E-state index contributed by atoms with van der Waals surface area (Å²) >= 11 is 0. The molecule has 4 aromatic rings. The molecule has 0 bridgehead atoms. The van der Waals surface area contributed by atoms with Gasteiger partial charge in [0, 0.05) is 42.8 Å². The van der Waals surface area contributed by atoms with Crippen LogP contribution in [0.2, 0.25) is 0 Å². The molecule has 196 valence electrons. The van der Waals surface area contributed by atoms with E-state index >= 15 is 0 Å². The minimum Gasteiger partial charge on any atom is -0.444 e. The fourth-order valence-electron chi connectivity index (χ4n) is 5.71. The fourth-order valence-corrected chi connectivity index (χ4v) is 5.71. The smallest absolute Gasteiger partial charge is 0.410 e. The number of aryl methyl sites for hydroxylation is 1. The number of benzene rings is 3. The van der Waals surface area contributed by atoms with Crippen LogP contribution < -0.4 is 5.32 Å². The van der Waals surface area contributed by atoms with Crippen molar-refractivity contribution in [2.75, 3.05) is 13.1 Å². The lowest BCUT2D eigenvalue weighted by atomic mass is 9.96. The molecule has 0 radical (unpaired) electrons. The summed E-state index contributed by atoms with van der Waals surface area (Å²) in [5.41, 5.74) is 3.14. The molecule has 1 saturated carbocycles. The second-order valence-corrected chi connectivity index (χ2v) is 12.0. The van der Waals surface area contributed by atoms with E-state index in [1.54, 1.807) is 4.90 Å². The minimum absolute atomic E-state index is 0.0256. The van der Waals surface area contributed by atoms with Crippen LogP contribution in [0.3, 0.4) is 0 Å². The zero-order valence-electron chi connectivity index (χ0n) is 22.6. The SMILES string of the molecule is Cc1cc2ccn(CC3CN(C(=O)OC(C)(C)C)C3)c2cc1C(=O)NC1(c2cccc3ccccc23)CC1. The van der Waals surface area contributed by atoms with Crippen molar-refractivity contribution in [3.63, 3.8) is 0 Å². The maximum Gasteiger partial charge on any atom is 0.410 e. The Morgan fingerprint density at radius 3 is 2.47 bits per heavy atom. The summed E-state index contributed by atoms with van der Waals surface area (Å²) in [6.07, 6.45) is 3.72. The standard InChI is InChI=1S/C32H35N3O3/c1-21-16-24-12-15-34(18-22-19-35(20-22)30(37)38-31(2,3)4)28(24)17-26(21)29(36)33-32(13-14-32)27-11-7-9-23-8-5-6-10-25(23)27/h5-12,15-17,22H,13-14,18-20H2,1-4H3,(H,33,36). The van der Waals surface area contributed by atoms with Crippen molar-refractivity contribution >= 4 is 33.7 Å². The zero-order valence-corrected chi connectivity index (χ0v) is 22.6. The Balaban J connectivity index is 1.20. The van der Waals surface area contributed by atoms with E-state index in [-0.39, 0.29) is 17.5 Å². The number of rotatable bonds is 5. The number of aromatic nitrogens is 1. The molecule has 0 atom stereocenters. The Morgan fingerprint density at radius 1 is 1.00 bits per heavy atom. The molecule has 6 heteroatoms. The number of likely N-dealkylation sites (tertiary alicyclic amines) is 1. The van der Waals surface area contributed by atoms with E-state index in [0.717, 1.165) is 35.9 Å². The predicted molar refractivity (Wildman–Crippen MR) is 150 cm³/mol. The molecule has 38 heavy (non-hydrogen) atoms. The Labute approximate surface area is 223 Å². The van der Waals surface area contributed by atoms with E-state index < -0.39 is 5.60 Å². The van der Waals surface area contributed by atoms with Gasteiger partial charge in [0.25, 0.3) is 5.91 Å². The molecule has 0 spiro atoms. The van der Waals surface area contributed by atoms with Gasteiger partial charge in [0.1, 0.15) is 5.60 Å². The normalized spacial score (nSPS) is 16.9. The van der Waals surface area contributed by atoms with E-state index in [1.807, 2.05) is 33.8 Å². The number of hydrogen-bond donors (Lipinski definition) is 1. The van der Waals surface area contributed by atoms with Gasteiger partial charge in [0.2, 0.25) is 0 Å². The number of carbonyl (C=O) groups is 2. The van der Waals surface area contributed by atoms with Crippen molar-refractivity contribution in [2.24, 2.45) is 5.92 Å². The number of carbonyl (C=O) groups excluding carboxylic acids is 2. The number of fused-ring (bicyclic) bond motifs is 2. The number of nitrogens with one attached hydrogen (secondary N) is 1. The first-order valence-electron chi connectivity index (χ1n) is 13.5. The van der Waals surface area contributed by atoms with E-state index in [2.05, 4.69) is 70.7 Å². The van der Waals surface area contributed by atoms with Crippen LogP contribution in [-0.2, 0) is 16.8 Å². The molecule has 6 rings (SSSR count). The van der Waals surface area contributed by atoms with Gasteiger partial charge in [-0.25, -0.2) is 4.79 Å². The summed E-state index contributed by atoms with van der Waals surface area (Å²) in [6.45, 7) is 9.83. The maximum atomic E-state index is 13.7. The first kappa shape index (κ1) is 24.5. The van der Waals surface area contributed by atoms with Gasteiger partial charge < -0.3 is 19.5 Å². The summed E-state index contributed by atoms with van der Waals surface area (Å²) in [4.78, 5) is 27.7. The van der Waals surface area contributed by atoms with Crippen LogP contribution in [0.15, 0.2) is 66.9 Å². The molecule has 1 saturated heterocycles. The van der Waals surface area contributed by atoms with Crippen molar-refractivity contribution in [1.82, 2.24) is 14.8 Å². The molecule has 0 unspecified atom stereocenters. The lowest BCUT2D eigenvalue weighted by Crippen LogP contribution is -2.52. The third-order valence-electron chi connectivity index (χ3n) is 7.83. The van der Waals surface area contributed by atoms with Crippen LogP contribution in [0.4, 0.5) is 4.79 Å². The van der Waals surface area contributed by atoms with Gasteiger partial charge in [-0.15, -0.1) is 0 Å². The fraction of sp³-hybridized carbons (Fsp3) is 0.375. The Hall–Kier alpha value is -3.80. The quantitative estimate of drug-likeness (QED) is 0.339. The van der Waals surface area contributed by atoms with E-state index in [9.17, 15) is 9.59 Å². The lowest BCUT2D eigenvalue weighted by molar-refractivity contribution is -0.00316. The average Bonchev–Trinajstić information content (AvgIpc) is 3.51. The Kier molecular flexibility index (Phi) is 5.74. The molecular weight excluding hydrogens is 474 g/mol. The lowest BCUT2D eigenvalue weighted by Gasteiger charge is -2.40. The van der Waals surface area contributed by atoms with Gasteiger partial charge in [-0.3, -0.25) is 4.79 Å². The first-order valence-corrected chi connectivity index (χ1v) is 13.5. The summed E-state index contributed by atoms with van der Waals surface area (Å²) in [7, 11) is 0. The minimum atomic E-state index is -0.486. The van der Waals surface area contributed by atoms with Gasteiger partial charge in [0.05, 0.1) is 5.54 Å².